The van der Waals surface area contributed by atoms with Crippen molar-refractivity contribution in [2.45, 2.75) is 3.23 Å². The fraction of sp³-hybridized carbons (Fsp3) is 0.133. The minimum Gasteiger partial charge on any atom is -0.289 e. The van der Waals surface area contributed by atoms with Crippen LogP contribution in [-0.2, 0) is 3.23 Å². The number of carbonyl (C=O) groups is 1. The molecule has 0 spiro atoms. The molecule has 0 radical (unpaired) electrons. The van der Waals surface area contributed by atoms with E-state index in [1.807, 2.05) is 24.3 Å². The van der Waals surface area contributed by atoms with E-state index in [-0.39, 0.29) is 9.02 Å². The van der Waals surface area contributed by atoms with Crippen LogP contribution in [0.3, 0.4) is 0 Å². The molecule has 0 aliphatic carbocycles. The fourth-order valence-electron chi connectivity index (χ4n) is 1.71. The summed E-state index contributed by atoms with van der Waals surface area (Å²) in [6, 6.07) is 14.4. The molecule has 0 atom stereocenters. The van der Waals surface area contributed by atoms with E-state index in [4.69, 9.17) is 11.6 Å². The van der Waals surface area contributed by atoms with E-state index in [1.54, 1.807) is 24.3 Å². The first kappa shape index (κ1) is 16.2. The average molecular weight is 481 g/mol. The monoisotopic (exact) mass is 478 g/mol. The molecule has 0 amide bonds. The molecular weight excluding hydrogens is 471 g/mol. The van der Waals surface area contributed by atoms with Gasteiger partial charge in [0, 0.05) is 21.5 Å². The van der Waals surface area contributed by atoms with Gasteiger partial charge in [0.25, 0.3) is 0 Å². The number of hydrogen-bond donors (Lipinski definition) is 0. The predicted molar refractivity (Wildman–Crippen MR) is 94.7 cm³/mol. The van der Waals surface area contributed by atoms with Crippen molar-refractivity contribution in [3.63, 3.8) is 0 Å². The Morgan fingerprint density at radius 1 is 0.950 bits per heavy atom. The third kappa shape index (κ3) is 3.73. The first-order chi connectivity index (χ1) is 9.44. The lowest BCUT2D eigenvalue weighted by atomic mass is 10.0. The van der Waals surface area contributed by atoms with Gasteiger partial charge in [-0.2, -0.15) is 0 Å². The largest absolute Gasteiger partial charge is 0.289 e. The molecule has 0 unspecified atom stereocenters. The van der Waals surface area contributed by atoms with Crippen molar-refractivity contribution in [2.24, 2.45) is 0 Å². The Morgan fingerprint density at radius 3 is 1.85 bits per heavy atom. The van der Waals surface area contributed by atoms with E-state index in [9.17, 15) is 4.79 Å². The van der Waals surface area contributed by atoms with Crippen molar-refractivity contribution in [2.75, 3.05) is 5.33 Å². The molecule has 20 heavy (non-hydrogen) atoms. The zero-order chi connectivity index (χ0) is 14.8. The molecule has 2 aromatic carbocycles. The molecule has 0 saturated carbocycles. The molecule has 0 heterocycles. The quantitative estimate of drug-likeness (QED) is 0.392. The summed E-state index contributed by atoms with van der Waals surface area (Å²) < 4.78 is -0.318. The van der Waals surface area contributed by atoms with Gasteiger partial charge >= 0.3 is 0 Å². The number of benzene rings is 2. The highest BCUT2D eigenvalue weighted by molar-refractivity contribution is 9.25. The number of rotatable bonds is 4. The Hall–Kier alpha value is -0.160. The van der Waals surface area contributed by atoms with Crippen molar-refractivity contribution in [1.29, 1.82) is 0 Å². The molecule has 0 aliphatic heterocycles. The van der Waals surface area contributed by atoms with E-state index in [0.29, 0.717) is 21.5 Å². The van der Waals surface area contributed by atoms with Crippen molar-refractivity contribution < 1.29 is 4.79 Å². The Balaban J connectivity index is 2.26. The third-order valence-electron chi connectivity index (χ3n) is 2.84. The number of halogens is 4. The maximum atomic E-state index is 12.3. The summed E-state index contributed by atoms with van der Waals surface area (Å²) in [5.74, 6) is -0.0122. The van der Waals surface area contributed by atoms with Crippen LogP contribution in [0, 0.1) is 0 Å². The molecule has 1 nitrogen and oxygen atoms in total. The first-order valence-corrected chi connectivity index (χ1v) is 8.87. The summed E-state index contributed by atoms with van der Waals surface area (Å²) in [7, 11) is 0. The molecule has 104 valence electrons. The average Bonchev–Trinajstić information content (AvgIpc) is 2.47. The van der Waals surface area contributed by atoms with E-state index < -0.39 is 0 Å². The van der Waals surface area contributed by atoms with Gasteiger partial charge in [-0.1, -0.05) is 83.7 Å². The van der Waals surface area contributed by atoms with Crippen LogP contribution in [0.25, 0.3) is 0 Å². The van der Waals surface area contributed by atoms with Crippen LogP contribution in [-0.4, -0.2) is 11.1 Å². The number of hydrogen-bond acceptors (Lipinski definition) is 1. The summed E-state index contributed by atoms with van der Waals surface area (Å²) in [4.78, 5) is 12.3. The minimum absolute atomic E-state index is 0.0122. The Kier molecular flexibility index (Phi) is 5.46. The van der Waals surface area contributed by atoms with Gasteiger partial charge in [-0.3, -0.25) is 4.79 Å². The normalized spacial score (nSPS) is 11.4. The third-order valence-corrected chi connectivity index (χ3v) is 6.92. The van der Waals surface area contributed by atoms with Crippen LogP contribution < -0.4 is 0 Å². The van der Waals surface area contributed by atoms with Crippen LogP contribution in [0.5, 0.6) is 0 Å². The molecule has 0 saturated heterocycles. The zero-order valence-corrected chi connectivity index (χ0v) is 15.8. The second kappa shape index (κ2) is 6.73. The molecule has 0 N–H and O–H groups in total. The lowest BCUT2D eigenvalue weighted by Gasteiger charge is -2.17. The van der Waals surface area contributed by atoms with Gasteiger partial charge in [-0.15, -0.1) is 0 Å². The zero-order valence-electron chi connectivity index (χ0n) is 10.2. The van der Waals surface area contributed by atoms with E-state index in [0.717, 1.165) is 5.56 Å². The highest BCUT2D eigenvalue weighted by Gasteiger charge is 2.23. The lowest BCUT2D eigenvalue weighted by Crippen LogP contribution is -2.10. The van der Waals surface area contributed by atoms with Gasteiger partial charge in [0.1, 0.15) is 3.23 Å². The van der Waals surface area contributed by atoms with Gasteiger partial charge in [0.05, 0.1) is 0 Å². The van der Waals surface area contributed by atoms with E-state index in [2.05, 4.69) is 47.8 Å². The number of alkyl halides is 3. The molecule has 2 aromatic rings. The number of carbonyl (C=O) groups excluding carboxylic acids is 1. The summed E-state index contributed by atoms with van der Waals surface area (Å²) in [6.07, 6.45) is 0. The van der Waals surface area contributed by atoms with Crippen LogP contribution in [0.1, 0.15) is 21.5 Å². The first-order valence-electron chi connectivity index (χ1n) is 5.78. The summed E-state index contributed by atoms with van der Waals surface area (Å²) in [5.41, 5.74) is 2.33. The summed E-state index contributed by atoms with van der Waals surface area (Å²) in [5, 5.41) is 1.34. The smallest absolute Gasteiger partial charge is 0.193 e. The Morgan fingerprint density at radius 2 is 1.40 bits per heavy atom. The second-order valence-corrected chi connectivity index (χ2v) is 9.02. The molecular formula is C15H10Br3ClO. The van der Waals surface area contributed by atoms with Crippen LogP contribution >= 0.6 is 59.4 Å². The minimum atomic E-state index is -0.318. The Bertz CT molecular complexity index is 606. The second-order valence-electron chi connectivity index (χ2n) is 4.25. The molecule has 5 heteroatoms. The molecule has 2 rings (SSSR count). The van der Waals surface area contributed by atoms with Gasteiger partial charge in [-0.25, -0.2) is 0 Å². The Labute approximate surface area is 148 Å². The molecule has 0 aliphatic rings. The standard InChI is InChI=1S/C15H10Br3ClO/c16-9-15(17,18)12-5-1-10(2-6-12)14(20)11-3-7-13(19)8-4-11/h1-8H,9H2. The van der Waals surface area contributed by atoms with Crippen molar-refractivity contribution in [3.8, 4) is 0 Å². The maximum absolute atomic E-state index is 12.3. The van der Waals surface area contributed by atoms with E-state index in [1.165, 1.54) is 0 Å². The van der Waals surface area contributed by atoms with Crippen molar-refractivity contribution >= 4 is 65.2 Å². The highest BCUT2D eigenvalue weighted by atomic mass is 79.9. The fourth-order valence-corrected chi connectivity index (χ4v) is 2.69. The van der Waals surface area contributed by atoms with Crippen LogP contribution in [0.4, 0.5) is 0 Å². The molecule has 0 bridgehead atoms. The molecule has 0 aromatic heterocycles. The summed E-state index contributed by atoms with van der Waals surface area (Å²) >= 11 is 16.4. The van der Waals surface area contributed by atoms with Gasteiger partial charge in [0.2, 0.25) is 0 Å². The van der Waals surface area contributed by atoms with Gasteiger partial charge in [-0.05, 0) is 29.8 Å². The highest BCUT2D eigenvalue weighted by Crippen LogP contribution is 2.39. The van der Waals surface area contributed by atoms with Crippen LogP contribution in [0.15, 0.2) is 48.5 Å². The van der Waals surface area contributed by atoms with Crippen molar-refractivity contribution in [1.82, 2.24) is 0 Å². The van der Waals surface area contributed by atoms with E-state index >= 15 is 0 Å². The van der Waals surface area contributed by atoms with Crippen molar-refractivity contribution in [3.05, 3.63) is 70.2 Å². The molecule has 0 fully saturated rings. The predicted octanol–water partition coefficient (Wildman–Crippen LogP) is 5.91. The number of ketones is 1. The van der Waals surface area contributed by atoms with Crippen LogP contribution in [0.2, 0.25) is 5.02 Å². The maximum Gasteiger partial charge on any atom is 0.193 e. The van der Waals surface area contributed by atoms with Gasteiger partial charge in [0.15, 0.2) is 5.78 Å². The summed E-state index contributed by atoms with van der Waals surface area (Å²) in [6.45, 7) is 0. The SMILES string of the molecule is O=C(c1ccc(Cl)cc1)c1ccc(C(Br)(Br)CBr)cc1. The lowest BCUT2D eigenvalue weighted by molar-refractivity contribution is 0.103. The topological polar surface area (TPSA) is 17.1 Å². The van der Waals surface area contributed by atoms with Gasteiger partial charge < -0.3 is 0 Å².